The van der Waals surface area contributed by atoms with Crippen molar-refractivity contribution in [3.05, 3.63) is 105 Å². The maximum atomic E-state index is 13.9. The number of aldehydes is 1. The van der Waals surface area contributed by atoms with Crippen LogP contribution in [0.5, 0.6) is 0 Å². The van der Waals surface area contributed by atoms with Crippen LogP contribution in [0.1, 0.15) is 22.1 Å². The van der Waals surface area contributed by atoms with Gasteiger partial charge in [0.25, 0.3) is 5.91 Å². The Balaban J connectivity index is 1.43. The zero-order valence-corrected chi connectivity index (χ0v) is 23.0. The molecule has 0 radical (unpaired) electrons. The van der Waals surface area contributed by atoms with Gasteiger partial charge in [0.15, 0.2) is 6.10 Å². The van der Waals surface area contributed by atoms with Gasteiger partial charge >= 0.3 is 5.97 Å². The largest absolute Gasteiger partial charge is 0.451 e. The van der Waals surface area contributed by atoms with Crippen LogP contribution in [0.25, 0.3) is 0 Å². The number of nitrogens with zero attached hydrogens (tertiary/aromatic N) is 1. The molecule has 1 saturated heterocycles. The predicted molar refractivity (Wildman–Crippen MR) is 149 cm³/mol. The summed E-state index contributed by atoms with van der Waals surface area (Å²) in [5, 5.41) is 6.15. The fourth-order valence-corrected chi connectivity index (χ4v) is 7.04. The summed E-state index contributed by atoms with van der Waals surface area (Å²) in [6.45, 7) is 0. The molecule has 0 spiro atoms. The normalized spacial score (nSPS) is 21.8. The van der Waals surface area contributed by atoms with Gasteiger partial charge in [0.05, 0.1) is 11.8 Å². The number of esters is 1. The number of hydrogen-bond acceptors (Lipinski definition) is 9. The number of thioether (sulfide) groups is 1. The summed E-state index contributed by atoms with van der Waals surface area (Å²) < 4.78 is 17.8. The second kappa shape index (κ2) is 11.8. The van der Waals surface area contributed by atoms with E-state index in [2.05, 4.69) is 5.32 Å². The molecule has 0 bridgehead atoms. The van der Waals surface area contributed by atoms with Crippen LogP contribution in [0.4, 0.5) is 0 Å². The van der Waals surface area contributed by atoms with E-state index in [0.29, 0.717) is 6.29 Å². The monoisotopic (exact) mass is 564 g/mol. The van der Waals surface area contributed by atoms with Gasteiger partial charge in [0.1, 0.15) is 18.4 Å². The molecule has 1 aromatic heterocycles. The van der Waals surface area contributed by atoms with Crippen molar-refractivity contribution >= 4 is 41.3 Å². The van der Waals surface area contributed by atoms with E-state index in [1.807, 2.05) is 78.2 Å². The molecule has 1 amide bonds. The average Bonchev–Trinajstić information content (AvgIpc) is 3.49. The molecule has 3 heterocycles. The van der Waals surface area contributed by atoms with Crippen LogP contribution >= 0.6 is 23.1 Å². The molecule has 39 heavy (non-hydrogen) atoms. The summed E-state index contributed by atoms with van der Waals surface area (Å²) in [6, 6.07) is 20.9. The van der Waals surface area contributed by atoms with Gasteiger partial charge in [-0.3, -0.25) is 9.59 Å². The van der Waals surface area contributed by atoms with Crippen molar-refractivity contribution < 1.29 is 28.6 Å². The molecule has 2 aliphatic heterocycles. The van der Waals surface area contributed by atoms with E-state index < -0.39 is 35.4 Å². The molecule has 2 aromatic carbocycles. The van der Waals surface area contributed by atoms with Crippen molar-refractivity contribution in [3.8, 4) is 0 Å². The third-order valence-electron chi connectivity index (χ3n) is 6.86. The van der Waals surface area contributed by atoms with Crippen molar-refractivity contribution in [3.63, 3.8) is 0 Å². The van der Waals surface area contributed by atoms with Crippen molar-refractivity contribution in [1.29, 1.82) is 0 Å². The van der Waals surface area contributed by atoms with Crippen LogP contribution in [0.3, 0.4) is 0 Å². The Hall–Kier alpha value is -3.28. The fourth-order valence-electron chi connectivity index (χ4n) is 5.05. The van der Waals surface area contributed by atoms with Gasteiger partial charge < -0.3 is 19.5 Å². The van der Waals surface area contributed by atoms with E-state index >= 15 is 0 Å². The quantitative estimate of drug-likeness (QED) is 0.225. The second-order valence-electron chi connectivity index (χ2n) is 9.05. The van der Waals surface area contributed by atoms with Crippen molar-refractivity contribution in [2.75, 3.05) is 14.2 Å². The molecule has 1 N–H and O–H groups in total. The first-order valence-electron chi connectivity index (χ1n) is 12.3. The van der Waals surface area contributed by atoms with Gasteiger partial charge in [-0.05, 0) is 28.0 Å². The Kier molecular flexibility index (Phi) is 8.29. The van der Waals surface area contributed by atoms with Crippen LogP contribution in [-0.4, -0.2) is 60.7 Å². The average molecular weight is 565 g/mol. The maximum absolute atomic E-state index is 13.9. The number of rotatable bonds is 10. The summed E-state index contributed by atoms with van der Waals surface area (Å²) >= 11 is 2.82. The molecular formula is C29H28N2O6S2. The molecule has 3 atom stereocenters. The van der Waals surface area contributed by atoms with E-state index in [4.69, 9.17) is 14.2 Å². The molecule has 202 valence electrons. The zero-order valence-electron chi connectivity index (χ0n) is 21.4. The van der Waals surface area contributed by atoms with Crippen LogP contribution in [-0.2, 0) is 35.0 Å². The van der Waals surface area contributed by atoms with E-state index in [9.17, 15) is 14.4 Å². The first-order chi connectivity index (χ1) is 19.0. The number of benzene rings is 2. The van der Waals surface area contributed by atoms with Crippen LogP contribution in [0.15, 0.2) is 89.2 Å². The number of fused-ring (bicyclic) bond motifs is 1. The van der Waals surface area contributed by atoms with Gasteiger partial charge in [-0.2, -0.15) is 0 Å². The number of thiophene rings is 1. The Morgan fingerprint density at radius 2 is 1.64 bits per heavy atom. The highest BCUT2D eigenvalue weighted by Gasteiger charge is 2.68. The summed E-state index contributed by atoms with van der Waals surface area (Å²) in [5.41, 5.74) is 1.81. The lowest BCUT2D eigenvalue weighted by Crippen LogP contribution is -2.84. The molecule has 2 unspecified atom stereocenters. The molecule has 0 saturated carbocycles. The van der Waals surface area contributed by atoms with Crippen LogP contribution in [0.2, 0.25) is 0 Å². The molecule has 2 aliphatic rings. The minimum atomic E-state index is -1.48. The topological polar surface area (TPSA) is 94.2 Å². The van der Waals surface area contributed by atoms with Crippen LogP contribution in [0, 0.1) is 0 Å². The van der Waals surface area contributed by atoms with E-state index in [-0.39, 0.29) is 17.9 Å². The minimum Gasteiger partial charge on any atom is -0.451 e. The molecule has 5 rings (SSSR count). The summed E-state index contributed by atoms with van der Waals surface area (Å²) in [4.78, 5) is 41.5. The summed E-state index contributed by atoms with van der Waals surface area (Å²) in [6.07, 6.45) is 0.169. The number of carbonyl (C=O) groups is 3. The van der Waals surface area contributed by atoms with E-state index in [1.165, 1.54) is 37.3 Å². The predicted octanol–water partition coefficient (Wildman–Crippen LogP) is 3.89. The lowest BCUT2D eigenvalue weighted by Gasteiger charge is -2.63. The fraction of sp³-hybridized carbons (Fsp3) is 0.276. The number of methoxy groups -OCH3 is 2. The summed E-state index contributed by atoms with van der Waals surface area (Å²) in [7, 11) is 2.89. The first-order valence-corrected chi connectivity index (χ1v) is 14.2. The number of hydrogen-bond donors (Lipinski definition) is 1. The zero-order chi connectivity index (χ0) is 27.4. The highest BCUT2D eigenvalue weighted by atomic mass is 32.2. The second-order valence-corrected chi connectivity index (χ2v) is 11.1. The third-order valence-corrected chi connectivity index (χ3v) is 8.93. The van der Waals surface area contributed by atoms with Gasteiger partial charge in [-0.1, -0.05) is 66.7 Å². The lowest BCUT2D eigenvalue weighted by atomic mass is 9.93. The van der Waals surface area contributed by atoms with Gasteiger partial charge in [-0.25, -0.2) is 9.69 Å². The Bertz CT molecular complexity index is 1290. The lowest BCUT2D eigenvalue weighted by molar-refractivity contribution is -0.372. The smallest absolute Gasteiger partial charge is 0.329 e. The molecule has 10 heteroatoms. The SMILES string of the molecule is COC1(OC)C(NC(=O)Cc2cccs2)[C@H]2SC=C(C=O)C(C(=O)OC(c3ccccc3)c3ccccc3)N21. The Morgan fingerprint density at radius 3 is 2.18 bits per heavy atom. The number of ether oxygens (including phenoxy) is 3. The number of carbonyl (C=O) groups excluding carboxylic acids is 3. The van der Waals surface area contributed by atoms with E-state index in [1.54, 1.807) is 10.3 Å². The highest BCUT2D eigenvalue weighted by Crippen LogP contribution is 2.50. The molecule has 0 aliphatic carbocycles. The summed E-state index contributed by atoms with van der Waals surface area (Å²) in [5.74, 6) is -2.30. The number of amides is 1. The third kappa shape index (κ3) is 5.18. The minimum absolute atomic E-state index is 0.196. The molecular weight excluding hydrogens is 536 g/mol. The van der Waals surface area contributed by atoms with Crippen molar-refractivity contribution in [2.45, 2.75) is 35.9 Å². The molecule has 8 nitrogen and oxygen atoms in total. The Morgan fingerprint density at radius 1 is 1.00 bits per heavy atom. The van der Waals surface area contributed by atoms with Crippen LogP contribution < -0.4 is 5.32 Å². The Labute approximate surface area is 234 Å². The van der Waals surface area contributed by atoms with E-state index in [0.717, 1.165) is 16.0 Å². The van der Waals surface area contributed by atoms with Crippen molar-refractivity contribution in [1.82, 2.24) is 10.2 Å². The molecule has 1 fully saturated rings. The van der Waals surface area contributed by atoms with Gasteiger partial charge in [-0.15, -0.1) is 23.1 Å². The first kappa shape index (κ1) is 27.3. The maximum Gasteiger partial charge on any atom is 0.329 e. The number of nitrogens with one attached hydrogen (secondary N) is 1. The standard InChI is InChI=1S/C29H28N2O6S2/c1-35-29(36-2)26(30-23(33)16-22-14-9-15-38-22)27-31(29)24(21(17-32)18-39-27)28(34)37-25(19-10-5-3-6-11-19)20-12-7-4-8-13-20/h3-15,17-18,24-27H,16H2,1-2H3,(H,30,33)/t24?,26?,27-/m1/s1. The van der Waals surface area contributed by atoms with Gasteiger partial charge in [0.2, 0.25) is 5.91 Å². The molecule has 3 aromatic rings. The van der Waals surface area contributed by atoms with Crippen molar-refractivity contribution in [2.24, 2.45) is 0 Å². The highest BCUT2D eigenvalue weighted by molar-refractivity contribution is 8.02. The van der Waals surface area contributed by atoms with Gasteiger partial charge in [0, 0.05) is 24.7 Å².